The van der Waals surface area contributed by atoms with Crippen molar-refractivity contribution < 1.29 is 4.79 Å². The number of hydrogen-bond donors (Lipinski definition) is 0. The lowest BCUT2D eigenvalue weighted by Crippen LogP contribution is -2.00. The average Bonchev–Trinajstić information content (AvgIpc) is 2.71. The average molecular weight is 301 g/mol. The van der Waals surface area contributed by atoms with E-state index in [0.29, 0.717) is 38.0 Å². The summed E-state index contributed by atoms with van der Waals surface area (Å²) in [5.41, 5.74) is 3.45. The molecule has 1 aromatic heterocycles. The minimum atomic E-state index is -0.110. The van der Waals surface area contributed by atoms with Gasteiger partial charge < -0.3 is 0 Å². The molecule has 0 N–H and O–H groups in total. The topological polar surface area (TPSA) is 42.9 Å². The number of fused-ring (bicyclic) bond motifs is 4. The Morgan fingerprint density at radius 3 is 2.45 bits per heavy atom. The Kier molecular flexibility index (Phi) is 2.37. The van der Waals surface area contributed by atoms with Crippen LogP contribution < -0.4 is 0 Å². The third kappa shape index (κ3) is 1.51. The van der Waals surface area contributed by atoms with Crippen molar-refractivity contribution in [1.82, 2.24) is 9.97 Å². The van der Waals surface area contributed by atoms with Crippen molar-refractivity contribution in [3.8, 4) is 11.3 Å². The predicted octanol–water partition coefficient (Wildman–Crippen LogP) is 4.15. The second kappa shape index (κ2) is 4.01. The Labute approximate surface area is 124 Å². The molecule has 0 fully saturated rings. The number of aromatic nitrogens is 2. The summed E-state index contributed by atoms with van der Waals surface area (Å²) in [5.74, 6) is -0.110. The first-order chi connectivity index (χ1) is 9.65. The molecule has 96 valence electrons. The molecule has 1 aliphatic carbocycles. The van der Waals surface area contributed by atoms with E-state index in [4.69, 9.17) is 23.2 Å². The summed E-state index contributed by atoms with van der Waals surface area (Å²) in [6, 6.07) is 10.6. The lowest BCUT2D eigenvalue weighted by molar-refractivity contribution is 0.103. The summed E-state index contributed by atoms with van der Waals surface area (Å²) in [6.07, 6.45) is 0. The zero-order valence-electron chi connectivity index (χ0n) is 10.0. The van der Waals surface area contributed by atoms with Crippen molar-refractivity contribution in [3.05, 3.63) is 57.7 Å². The van der Waals surface area contributed by atoms with Crippen molar-refractivity contribution in [3.63, 3.8) is 0 Å². The van der Waals surface area contributed by atoms with Gasteiger partial charge in [-0.15, -0.1) is 0 Å². The highest BCUT2D eigenvalue weighted by atomic mass is 35.5. The maximum Gasteiger partial charge on any atom is 0.214 e. The summed E-state index contributed by atoms with van der Waals surface area (Å²) < 4.78 is 0. The van der Waals surface area contributed by atoms with Gasteiger partial charge >= 0.3 is 0 Å². The van der Waals surface area contributed by atoms with Crippen LogP contribution >= 0.6 is 23.2 Å². The molecule has 0 saturated carbocycles. The van der Waals surface area contributed by atoms with Crippen LogP contribution in [0, 0.1) is 0 Å². The Morgan fingerprint density at radius 1 is 0.900 bits per heavy atom. The highest BCUT2D eigenvalue weighted by Crippen LogP contribution is 2.36. The fraction of sp³-hybridized carbons (Fsp3) is 0. The number of rotatable bonds is 0. The highest BCUT2D eigenvalue weighted by Gasteiger charge is 2.30. The summed E-state index contributed by atoms with van der Waals surface area (Å²) >= 11 is 12.1. The zero-order valence-corrected chi connectivity index (χ0v) is 11.5. The predicted molar refractivity (Wildman–Crippen MR) is 78.4 cm³/mol. The van der Waals surface area contributed by atoms with Gasteiger partial charge in [0.15, 0.2) is 0 Å². The first-order valence-electron chi connectivity index (χ1n) is 5.96. The van der Waals surface area contributed by atoms with Crippen LogP contribution in [0.5, 0.6) is 0 Å². The van der Waals surface area contributed by atoms with Crippen LogP contribution in [0.25, 0.3) is 22.3 Å². The molecule has 0 spiro atoms. The first-order valence-corrected chi connectivity index (χ1v) is 6.71. The number of ketones is 1. The molecule has 0 atom stereocenters. The van der Waals surface area contributed by atoms with Crippen molar-refractivity contribution in [2.45, 2.75) is 0 Å². The van der Waals surface area contributed by atoms with E-state index in [1.165, 1.54) is 0 Å². The normalized spacial score (nSPS) is 12.6. The largest absolute Gasteiger partial charge is 0.287 e. The summed E-state index contributed by atoms with van der Waals surface area (Å²) in [6.45, 7) is 0. The molecule has 4 rings (SSSR count). The van der Waals surface area contributed by atoms with E-state index in [0.717, 1.165) is 5.56 Å². The molecule has 1 heterocycles. The maximum atomic E-state index is 12.3. The molecule has 3 aromatic rings. The molecule has 0 radical (unpaired) electrons. The van der Waals surface area contributed by atoms with Gasteiger partial charge in [0, 0.05) is 16.1 Å². The minimum absolute atomic E-state index is 0.110. The Balaban J connectivity index is 2.13. The van der Waals surface area contributed by atoms with Gasteiger partial charge in [-0.3, -0.25) is 4.79 Å². The standard InChI is InChI=1S/C15H6Cl2N2O/c16-7-5-10(17)13-11(6-7)18-14-12(19-13)8-3-1-2-4-9(8)15(14)20/h1-6H. The Bertz CT molecular complexity index is 906. The molecular formula is C15H6Cl2N2O. The van der Waals surface area contributed by atoms with Gasteiger partial charge in [-0.2, -0.15) is 0 Å². The number of hydrogen-bond acceptors (Lipinski definition) is 3. The van der Waals surface area contributed by atoms with E-state index in [-0.39, 0.29) is 5.78 Å². The molecule has 1 aliphatic rings. The molecule has 20 heavy (non-hydrogen) atoms. The fourth-order valence-electron chi connectivity index (χ4n) is 2.45. The molecular weight excluding hydrogens is 295 g/mol. The van der Waals surface area contributed by atoms with Crippen LogP contribution in [0.15, 0.2) is 36.4 Å². The van der Waals surface area contributed by atoms with Gasteiger partial charge in [-0.1, -0.05) is 47.5 Å². The minimum Gasteiger partial charge on any atom is -0.287 e. The highest BCUT2D eigenvalue weighted by molar-refractivity contribution is 6.38. The van der Waals surface area contributed by atoms with Crippen LogP contribution in [-0.4, -0.2) is 15.8 Å². The van der Waals surface area contributed by atoms with Gasteiger partial charge in [0.1, 0.15) is 16.9 Å². The van der Waals surface area contributed by atoms with Crippen LogP contribution in [0.1, 0.15) is 16.1 Å². The fourth-order valence-corrected chi connectivity index (χ4v) is 2.97. The van der Waals surface area contributed by atoms with Gasteiger partial charge in [0.25, 0.3) is 0 Å². The van der Waals surface area contributed by atoms with E-state index in [1.54, 1.807) is 18.2 Å². The van der Waals surface area contributed by atoms with Gasteiger partial charge in [-0.25, -0.2) is 9.97 Å². The number of nitrogens with zero attached hydrogens (tertiary/aromatic N) is 2. The maximum absolute atomic E-state index is 12.3. The number of carbonyl (C=O) groups excluding carboxylic acids is 1. The van der Waals surface area contributed by atoms with E-state index in [2.05, 4.69) is 9.97 Å². The second-order valence-electron chi connectivity index (χ2n) is 4.55. The lowest BCUT2D eigenvalue weighted by atomic mass is 10.1. The van der Waals surface area contributed by atoms with Crippen molar-refractivity contribution in [1.29, 1.82) is 0 Å². The van der Waals surface area contributed by atoms with Crippen LogP contribution in [0.3, 0.4) is 0 Å². The lowest BCUT2D eigenvalue weighted by Gasteiger charge is -2.04. The molecule has 0 saturated heterocycles. The van der Waals surface area contributed by atoms with Crippen LogP contribution in [0.4, 0.5) is 0 Å². The van der Waals surface area contributed by atoms with Crippen molar-refractivity contribution >= 4 is 40.0 Å². The van der Waals surface area contributed by atoms with Gasteiger partial charge in [0.2, 0.25) is 5.78 Å². The first kappa shape index (κ1) is 11.8. The van der Waals surface area contributed by atoms with Crippen LogP contribution in [-0.2, 0) is 0 Å². The molecule has 0 bridgehead atoms. The molecule has 2 aromatic carbocycles. The summed E-state index contributed by atoms with van der Waals surface area (Å²) in [7, 11) is 0. The SMILES string of the molecule is O=C1c2ccccc2-c2nc3c(Cl)cc(Cl)cc3nc21. The molecule has 5 heteroatoms. The monoisotopic (exact) mass is 300 g/mol. The van der Waals surface area contributed by atoms with Gasteiger partial charge in [0.05, 0.1) is 10.5 Å². The summed E-state index contributed by atoms with van der Waals surface area (Å²) in [4.78, 5) is 21.2. The van der Waals surface area contributed by atoms with Gasteiger partial charge in [-0.05, 0) is 12.1 Å². The Hall–Kier alpha value is -1.97. The van der Waals surface area contributed by atoms with Crippen molar-refractivity contribution in [2.24, 2.45) is 0 Å². The molecule has 0 amide bonds. The third-order valence-electron chi connectivity index (χ3n) is 3.33. The van der Waals surface area contributed by atoms with E-state index in [9.17, 15) is 4.79 Å². The molecule has 0 unspecified atom stereocenters. The third-order valence-corrected chi connectivity index (χ3v) is 3.84. The van der Waals surface area contributed by atoms with Crippen molar-refractivity contribution in [2.75, 3.05) is 0 Å². The number of halogens is 2. The van der Waals surface area contributed by atoms with E-state index >= 15 is 0 Å². The quantitative estimate of drug-likeness (QED) is 0.490. The summed E-state index contributed by atoms with van der Waals surface area (Å²) in [5, 5.41) is 0.902. The second-order valence-corrected chi connectivity index (χ2v) is 5.39. The number of benzene rings is 2. The van der Waals surface area contributed by atoms with Crippen LogP contribution in [0.2, 0.25) is 10.0 Å². The molecule has 0 aliphatic heterocycles. The van der Waals surface area contributed by atoms with E-state index in [1.807, 2.05) is 18.2 Å². The Morgan fingerprint density at radius 2 is 1.65 bits per heavy atom. The molecule has 3 nitrogen and oxygen atoms in total. The smallest absolute Gasteiger partial charge is 0.214 e. The zero-order chi connectivity index (χ0) is 13.9. The number of carbonyl (C=O) groups is 1. The van der Waals surface area contributed by atoms with E-state index < -0.39 is 0 Å².